The van der Waals surface area contributed by atoms with Gasteiger partial charge in [-0.3, -0.25) is 10.1 Å². The average molecular weight is 204 g/mol. The standard InChI is InChI=1S/C7H6ClNO4/c8-13-12-5-6-1-3-7(4-2-6)9(10)11/h1-4H,5H2. The highest BCUT2D eigenvalue weighted by Gasteiger charge is 2.03. The molecule has 0 fully saturated rings. The number of hydrogen-bond acceptors (Lipinski definition) is 4. The summed E-state index contributed by atoms with van der Waals surface area (Å²) in [5, 5.41) is 10.3. The van der Waals surface area contributed by atoms with Crippen LogP contribution in [0.4, 0.5) is 5.69 Å². The number of halogens is 1. The van der Waals surface area contributed by atoms with Crippen LogP contribution in [0.5, 0.6) is 0 Å². The fraction of sp³-hybridized carbons (Fsp3) is 0.143. The Bertz CT molecular complexity index is 287. The lowest BCUT2D eigenvalue weighted by Crippen LogP contribution is -1.91. The highest BCUT2D eigenvalue weighted by atomic mass is 35.5. The first-order valence-electron chi connectivity index (χ1n) is 3.37. The van der Waals surface area contributed by atoms with Gasteiger partial charge in [-0.25, -0.2) is 4.89 Å². The van der Waals surface area contributed by atoms with E-state index in [9.17, 15) is 10.1 Å². The average Bonchev–Trinajstić information content (AvgIpc) is 2.15. The summed E-state index contributed by atoms with van der Waals surface area (Å²) in [7, 11) is 0. The van der Waals surface area contributed by atoms with Gasteiger partial charge in [0.2, 0.25) is 0 Å². The van der Waals surface area contributed by atoms with Crippen LogP contribution in [0.3, 0.4) is 0 Å². The van der Waals surface area contributed by atoms with Crippen LogP contribution < -0.4 is 0 Å². The van der Waals surface area contributed by atoms with E-state index in [1.165, 1.54) is 12.1 Å². The third-order valence-corrected chi connectivity index (χ3v) is 1.51. The third kappa shape index (κ3) is 2.98. The second kappa shape index (κ2) is 4.76. The summed E-state index contributed by atoms with van der Waals surface area (Å²) in [4.78, 5) is 14.2. The Morgan fingerprint density at radius 2 is 2.00 bits per heavy atom. The summed E-state index contributed by atoms with van der Waals surface area (Å²) in [6.07, 6.45) is 0. The number of hydrogen-bond donors (Lipinski definition) is 0. The van der Waals surface area contributed by atoms with Gasteiger partial charge in [-0.15, -0.1) is 4.44 Å². The quantitative estimate of drug-likeness (QED) is 0.428. The van der Waals surface area contributed by atoms with Gasteiger partial charge in [0.05, 0.1) is 16.8 Å². The molecule has 13 heavy (non-hydrogen) atoms. The zero-order valence-corrected chi connectivity index (χ0v) is 7.23. The van der Waals surface area contributed by atoms with E-state index < -0.39 is 4.92 Å². The zero-order chi connectivity index (χ0) is 9.68. The van der Waals surface area contributed by atoms with Gasteiger partial charge >= 0.3 is 0 Å². The van der Waals surface area contributed by atoms with E-state index in [0.29, 0.717) is 0 Å². The molecule has 0 radical (unpaired) electrons. The van der Waals surface area contributed by atoms with Crippen molar-refractivity contribution in [3.63, 3.8) is 0 Å². The molecule has 0 unspecified atom stereocenters. The molecule has 0 bridgehead atoms. The maximum Gasteiger partial charge on any atom is 0.269 e. The molecule has 0 saturated carbocycles. The maximum atomic E-state index is 10.3. The van der Waals surface area contributed by atoms with Crippen molar-refractivity contribution in [2.24, 2.45) is 0 Å². The van der Waals surface area contributed by atoms with Crippen LogP contribution in [-0.2, 0) is 15.9 Å². The van der Waals surface area contributed by atoms with Gasteiger partial charge in [0.25, 0.3) is 5.69 Å². The molecule has 1 aromatic rings. The van der Waals surface area contributed by atoms with Crippen LogP contribution in [0.1, 0.15) is 5.56 Å². The Labute approximate surface area is 79.1 Å². The van der Waals surface area contributed by atoms with E-state index in [1.807, 2.05) is 0 Å². The number of nitro groups is 1. The molecule has 6 heteroatoms. The Hall–Kier alpha value is -1.17. The van der Waals surface area contributed by atoms with Crippen molar-refractivity contribution < 1.29 is 14.3 Å². The van der Waals surface area contributed by atoms with Crippen LogP contribution in [-0.4, -0.2) is 4.92 Å². The fourth-order valence-electron chi connectivity index (χ4n) is 0.804. The normalized spacial score (nSPS) is 9.92. The van der Waals surface area contributed by atoms with Gasteiger partial charge in [0, 0.05) is 12.1 Å². The van der Waals surface area contributed by atoms with Crippen molar-refractivity contribution in [2.45, 2.75) is 6.61 Å². The molecule has 0 heterocycles. The van der Waals surface area contributed by atoms with Crippen molar-refractivity contribution >= 4 is 17.6 Å². The van der Waals surface area contributed by atoms with E-state index in [1.54, 1.807) is 12.1 Å². The lowest BCUT2D eigenvalue weighted by atomic mass is 10.2. The molecule has 0 aromatic heterocycles. The molecule has 0 amide bonds. The Morgan fingerprint density at radius 1 is 1.38 bits per heavy atom. The summed E-state index contributed by atoms with van der Waals surface area (Å²) < 4.78 is 3.86. The van der Waals surface area contributed by atoms with Crippen molar-refractivity contribution in [3.05, 3.63) is 39.9 Å². The topological polar surface area (TPSA) is 61.6 Å². The van der Waals surface area contributed by atoms with E-state index in [2.05, 4.69) is 9.33 Å². The molecule has 0 spiro atoms. The summed E-state index contributed by atoms with van der Waals surface area (Å²) in [5.74, 6) is 0. The molecule has 0 saturated heterocycles. The van der Waals surface area contributed by atoms with Crippen LogP contribution in [0, 0.1) is 10.1 Å². The smallest absolute Gasteiger partial charge is 0.258 e. The molecular formula is C7H6ClNO4. The van der Waals surface area contributed by atoms with Gasteiger partial charge in [0.1, 0.15) is 6.61 Å². The Kier molecular flexibility index (Phi) is 3.63. The van der Waals surface area contributed by atoms with Crippen LogP contribution >= 0.6 is 11.9 Å². The molecule has 0 aliphatic heterocycles. The first-order valence-corrected chi connectivity index (χ1v) is 3.68. The number of nitrogens with zero attached hydrogens (tertiary/aromatic N) is 1. The van der Waals surface area contributed by atoms with Gasteiger partial charge in [-0.2, -0.15) is 0 Å². The van der Waals surface area contributed by atoms with Crippen LogP contribution in [0.15, 0.2) is 24.3 Å². The SMILES string of the molecule is O=[N+]([O-])c1ccc(COOCl)cc1. The predicted octanol–water partition coefficient (Wildman–Crippen LogP) is 2.20. The Balaban J connectivity index is 2.64. The van der Waals surface area contributed by atoms with E-state index in [0.717, 1.165) is 5.56 Å². The first-order chi connectivity index (χ1) is 6.24. The first kappa shape index (κ1) is 9.91. The van der Waals surface area contributed by atoms with Crippen molar-refractivity contribution in [3.8, 4) is 0 Å². The highest BCUT2D eigenvalue weighted by Crippen LogP contribution is 2.12. The lowest BCUT2D eigenvalue weighted by Gasteiger charge is -1.97. The second-order valence-corrected chi connectivity index (χ2v) is 2.37. The van der Waals surface area contributed by atoms with Gasteiger partial charge in [0.15, 0.2) is 0 Å². The molecule has 5 nitrogen and oxygen atoms in total. The maximum absolute atomic E-state index is 10.3. The minimum atomic E-state index is -0.470. The Morgan fingerprint density at radius 3 is 2.46 bits per heavy atom. The zero-order valence-electron chi connectivity index (χ0n) is 6.47. The number of benzene rings is 1. The largest absolute Gasteiger partial charge is 0.269 e. The number of non-ortho nitro benzene ring substituents is 1. The minimum Gasteiger partial charge on any atom is -0.258 e. The predicted molar refractivity (Wildman–Crippen MR) is 44.8 cm³/mol. The number of nitro benzene ring substituents is 1. The van der Waals surface area contributed by atoms with E-state index in [-0.39, 0.29) is 12.3 Å². The lowest BCUT2D eigenvalue weighted by molar-refractivity contribution is -0.384. The van der Waals surface area contributed by atoms with E-state index >= 15 is 0 Å². The molecule has 1 aromatic carbocycles. The summed E-state index contributed by atoms with van der Waals surface area (Å²) >= 11 is 4.80. The molecule has 0 atom stereocenters. The van der Waals surface area contributed by atoms with Crippen LogP contribution in [0.2, 0.25) is 0 Å². The van der Waals surface area contributed by atoms with Crippen molar-refractivity contribution in [2.75, 3.05) is 0 Å². The molecule has 0 aliphatic carbocycles. The molecule has 70 valence electrons. The number of rotatable bonds is 4. The third-order valence-electron chi connectivity index (χ3n) is 1.42. The van der Waals surface area contributed by atoms with Crippen molar-refractivity contribution in [1.29, 1.82) is 0 Å². The van der Waals surface area contributed by atoms with Crippen LogP contribution in [0.25, 0.3) is 0 Å². The summed E-state index contributed by atoms with van der Waals surface area (Å²) in [6.45, 7) is 0.154. The summed E-state index contributed by atoms with van der Waals surface area (Å²) in [6, 6.07) is 5.89. The minimum absolute atomic E-state index is 0.0375. The van der Waals surface area contributed by atoms with Gasteiger partial charge in [-0.1, -0.05) is 0 Å². The van der Waals surface area contributed by atoms with Crippen molar-refractivity contribution in [1.82, 2.24) is 0 Å². The molecular weight excluding hydrogens is 198 g/mol. The van der Waals surface area contributed by atoms with Gasteiger partial charge in [-0.05, 0) is 17.7 Å². The molecule has 0 aliphatic rings. The second-order valence-electron chi connectivity index (χ2n) is 2.25. The monoisotopic (exact) mass is 203 g/mol. The molecule has 1 rings (SSSR count). The highest BCUT2D eigenvalue weighted by molar-refractivity contribution is 6.06. The van der Waals surface area contributed by atoms with Gasteiger partial charge < -0.3 is 0 Å². The van der Waals surface area contributed by atoms with E-state index in [4.69, 9.17) is 11.9 Å². The summed E-state index contributed by atoms with van der Waals surface area (Å²) in [5.41, 5.74) is 0.779. The fourth-order valence-corrected chi connectivity index (χ4v) is 0.849. The molecule has 0 N–H and O–H groups in total.